The van der Waals surface area contributed by atoms with Crippen molar-refractivity contribution in [1.29, 1.82) is 0 Å². The van der Waals surface area contributed by atoms with Gasteiger partial charge in [0.1, 0.15) is 5.56 Å². The summed E-state index contributed by atoms with van der Waals surface area (Å²) in [6.45, 7) is 2.09. The molecule has 0 spiro atoms. The Hall–Kier alpha value is -2.21. The van der Waals surface area contributed by atoms with Crippen molar-refractivity contribution in [1.82, 2.24) is 14.6 Å². The maximum atomic E-state index is 11.8. The van der Waals surface area contributed by atoms with Gasteiger partial charge in [0.25, 0.3) is 0 Å². The van der Waals surface area contributed by atoms with E-state index in [2.05, 4.69) is 26.0 Å². The first-order chi connectivity index (χ1) is 10.2. The number of hydrogen-bond donors (Lipinski definition) is 0. The van der Waals surface area contributed by atoms with E-state index in [1.807, 2.05) is 30.5 Å². The van der Waals surface area contributed by atoms with Gasteiger partial charge in [-0.05, 0) is 24.6 Å². The molecule has 3 aromatic rings. The van der Waals surface area contributed by atoms with Crippen LogP contribution in [0.5, 0.6) is 0 Å². The molecule has 0 aliphatic rings. The average molecular weight is 346 g/mol. The fourth-order valence-electron chi connectivity index (χ4n) is 2.02. The molecule has 0 aliphatic carbocycles. The number of benzene rings is 1. The van der Waals surface area contributed by atoms with Crippen LogP contribution in [0.2, 0.25) is 0 Å². The van der Waals surface area contributed by atoms with Crippen molar-refractivity contribution in [3.63, 3.8) is 0 Å². The maximum Gasteiger partial charge on any atom is 0.343 e. The van der Waals surface area contributed by atoms with Crippen LogP contribution in [0.1, 0.15) is 17.3 Å². The predicted octanol–water partition coefficient (Wildman–Crippen LogP) is 3.34. The minimum atomic E-state index is -0.406. The largest absolute Gasteiger partial charge is 0.462 e. The maximum absolute atomic E-state index is 11.8. The first-order valence-corrected chi connectivity index (χ1v) is 7.25. The second kappa shape index (κ2) is 5.65. The van der Waals surface area contributed by atoms with Crippen molar-refractivity contribution < 1.29 is 9.53 Å². The number of fused-ring (bicyclic) bond motifs is 1. The number of carbonyl (C=O) groups excluding carboxylic acids is 1. The third-order valence-electron chi connectivity index (χ3n) is 3.03. The molecule has 5 nitrogen and oxygen atoms in total. The van der Waals surface area contributed by atoms with Gasteiger partial charge in [0.15, 0.2) is 5.65 Å². The average Bonchev–Trinajstić information content (AvgIpc) is 2.91. The van der Waals surface area contributed by atoms with Gasteiger partial charge in [-0.3, -0.25) is 0 Å². The van der Waals surface area contributed by atoms with Crippen molar-refractivity contribution in [2.24, 2.45) is 0 Å². The summed E-state index contributed by atoms with van der Waals surface area (Å²) in [6, 6.07) is 7.91. The molecule has 0 fully saturated rings. The second-order valence-corrected chi connectivity index (χ2v) is 5.31. The van der Waals surface area contributed by atoms with Gasteiger partial charge in [-0.15, -0.1) is 0 Å². The van der Waals surface area contributed by atoms with Gasteiger partial charge in [0.2, 0.25) is 0 Å². The van der Waals surface area contributed by atoms with Crippen LogP contribution in [0.15, 0.2) is 47.3 Å². The molecular formula is C15H12BrN3O2. The Morgan fingerprint density at radius 1 is 1.24 bits per heavy atom. The summed E-state index contributed by atoms with van der Waals surface area (Å²) in [6.07, 6.45) is 5.04. The number of nitrogens with zero attached hydrogens (tertiary/aromatic N) is 3. The molecule has 0 bridgehead atoms. The highest BCUT2D eigenvalue weighted by Gasteiger charge is 2.15. The molecule has 0 aliphatic heterocycles. The van der Waals surface area contributed by atoms with Crippen molar-refractivity contribution >= 4 is 27.5 Å². The standard InChI is InChI=1S/C15H12BrN3O2/c1-2-21-15(20)13-8-18-19-9-11(7-17-14(13)19)10-3-5-12(16)6-4-10/h3-9H,2H2,1H3. The summed E-state index contributed by atoms with van der Waals surface area (Å²) in [5, 5.41) is 4.17. The molecule has 0 unspecified atom stereocenters. The second-order valence-electron chi connectivity index (χ2n) is 4.40. The van der Waals surface area contributed by atoms with Crippen LogP contribution >= 0.6 is 15.9 Å². The Bertz CT molecular complexity index is 796. The molecule has 1 aromatic carbocycles. The monoisotopic (exact) mass is 345 g/mol. The molecule has 0 saturated heterocycles. The Kier molecular flexibility index (Phi) is 3.70. The topological polar surface area (TPSA) is 56.5 Å². The highest BCUT2D eigenvalue weighted by Crippen LogP contribution is 2.22. The summed E-state index contributed by atoms with van der Waals surface area (Å²) >= 11 is 3.41. The number of esters is 1. The molecule has 106 valence electrons. The third kappa shape index (κ3) is 2.67. The van der Waals surface area contributed by atoms with E-state index < -0.39 is 5.97 Å². The minimum absolute atomic E-state index is 0.327. The summed E-state index contributed by atoms with van der Waals surface area (Å²) < 4.78 is 7.59. The fraction of sp³-hybridized carbons (Fsp3) is 0.133. The zero-order chi connectivity index (χ0) is 14.8. The van der Waals surface area contributed by atoms with Crippen LogP contribution in [-0.4, -0.2) is 27.2 Å². The van der Waals surface area contributed by atoms with Crippen LogP contribution in [0.4, 0.5) is 0 Å². The lowest BCUT2D eigenvalue weighted by atomic mass is 10.1. The minimum Gasteiger partial charge on any atom is -0.462 e. The van der Waals surface area contributed by atoms with Crippen LogP contribution in [-0.2, 0) is 4.74 Å². The molecule has 0 amide bonds. The molecule has 0 atom stereocenters. The van der Waals surface area contributed by atoms with E-state index in [0.29, 0.717) is 17.8 Å². The first-order valence-electron chi connectivity index (χ1n) is 6.45. The lowest BCUT2D eigenvalue weighted by molar-refractivity contribution is 0.0528. The zero-order valence-corrected chi connectivity index (χ0v) is 12.9. The van der Waals surface area contributed by atoms with E-state index in [-0.39, 0.29) is 0 Å². The molecule has 3 rings (SSSR count). The Morgan fingerprint density at radius 2 is 2.00 bits per heavy atom. The number of aromatic nitrogens is 3. The van der Waals surface area contributed by atoms with Crippen molar-refractivity contribution in [2.45, 2.75) is 6.92 Å². The van der Waals surface area contributed by atoms with Crippen molar-refractivity contribution in [2.75, 3.05) is 6.61 Å². The number of ether oxygens (including phenoxy) is 1. The number of carbonyl (C=O) groups is 1. The molecule has 6 heteroatoms. The van der Waals surface area contributed by atoms with Gasteiger partial charge in [-0.25, -0.2) is 14.3 Å². The van der Waals surface area contributed by atoms with E-state index in [1.54, 1.807) is 17.6 Å². The van der Waals surface area contributed by atoms with Crippen LogP contribution in [0.3, 0.4) is 0 Å². The molecule has 2 heterocycles. The van der Waals surface area contributed by atoms with Gasteiger partial charge in [0.05, 0.1) is 12.8 Å². The highest BCUT2D eigenvalue weighted by atomic mass is 79.9. The van der Waals surface area contributed by atoms with E-state index in [9.17, 15) is 4.79 Å². The van der Waals surface area contributed by atoms with Gasteiger partial charge in [-0.2, -0.15) is 5.10 Å². The SMILES string of the molecule is CCOC(=O)c1cnn2cc(-c3ccc(Br)cc3)cnc12. The highest BCUT2D eigenvalue weighted by molar-refractivity contribution is 9.10. The normalized spacial score (nSPS) is 10.8. The molecule has 0 saturated carbocycles. The van der Waals surface area contributed by atoms with Gasteiger partial charge >= 0.3 is 5.97 Å². The van der Waals surface area contributed by atoms with Crippen LogP contribution in [0.25, 0.3) is 16.8 Å². The zero-order valence-electron chi connectivity index (χ0n) is 11.3. The number of rotatable bonds is 3. The smallest absolute Gasteiger partial charge is 0.343 e. The van der Waals surface area contributed by atoms with Gasteiger partial charge < -0.3 is 4.74 Å². The predicted molar refractivity (Wildman–Crippen MR) is 82.1 cm³/mol. The van der Waals surface area contributed by atoms with E-state index in [1.165, 1.54) is 6.20 Å². The molecule has 0 radical (unpaired) electrons. The first kappa shape index (κ1) is 13.8. The molecule has 0 N–H and O–H groups in total. The van der Waals surface area contributed by atoms with Gasteiger partial charge in [0, 0.05) is 22.4 Å². The quantitative estimate of drug-likeness (QED) is 0.683. The summed E-state index contributed by atoms with van der Waals surface area (Å²) in [5.41, 5.74) is 2.82. The third-order valence-corrected chi connectivity index (χ3v) is 3.56. The van der Waals surface area contributed by atoms with Crippen molar-refractivity contribution in [3.05, 3.63) is 52.9 Å². The lowest BCUT2D eigenvalue weighted by Crippen LogP contribution is -2.04. The molecule has 21 heavy (non-hydrogen) atoms. The van der Waals surface area contributed by atoms with E-state index in [0.717, 1.165) is 15.6 Å². The van der Waals surface area contributed by atoms with E-state index in [4.69, 9.17) is 4.74 Å². The Labute approximate surface area is 129 Å². The van der Waals surface area contributed by atoms with Gasteiger partial charge in [-0.1, -0.05) is 28.1 Å². The molecule has 2 aromatic heterocycles. The fourth-order valence-corrected chi connectivity index (χ4v) is 2.28. The van der Waals surface area contributed by atoms with E-state index >= 15 is 0 Å². The van der Waals surface area contributed by atoms with Crippen molar-refractivity contribution in [3.8, 4) is 11.1 Å². The summed E-state index contributed by atoms with van der Waals surface area (Å²) in [5.74, 6) is -0.406. The summed E-state index contributed by atoms with van der Waals surface area (Å²) in [4.78, 5) is 16.1. The number of hydrogen-bond acceptors (Lipinski definition) is 4. The van der Waals surface area contributed by atoms with Crippen LogP contribution in [0, 0.1) is 0 Å². The Morgan fingerprint density at radius 3 is 2.71 bits per heavy atom. The van der Waals surface area contributed by atoms with Crippen LogP contribution < -0.4 is 0 Å². The molecular weight excluding hydrogens is 334 g/mol. The number of halogens is 1. The summed E-state index contributed by atoms with van der Waals surface area (Å²) in [7, 11) is 0. The Balaban J connectivity index is 2.02. The lowest BCUT2D eigenvalue weighted by Gasteiger charge is -2.03.